The second kappa shape index (κ2) is 3.06. The molecule has 0 saturated carbocycles. The van der Waals surface area contributed by atoms with Crippen molar-refractivity contribution in [2.24, 2.45) is 0 Å². The van der Waals surface area contributed by atoms with Gasteiger partial charge >= 0.3 is 0 Å². The third-order valence-corrected chi connectivity index (χ3v) is 2.20. The Morgan fingerprint density at radius 2 is 2.21 bits per heavy atom. The van der Waals surface area contributed by atoms with Crippen molar-refractivity contribution in [2.45, 2.75) is 0 Å². The molecule has 1 heterocycles. The maximum absolute atomic E-state index is 10.7. The second-order valence-electron chi connectivity index (χ2n) is 2.95. The number of anilines is 1. The molecule has 0 atom stereocenters. The molecule has 0 radical (unpaired) electrons. The van der Waals surface area contributed by atoms with Crippen LogP contribution in [0.4, 0.5) is 5.69 Å². The molecule has 0 aliphatic rings. The van der Waals surface area contributed by atoms with Crippen molar-refractivity contribution in [2.75, 3.05) is 12.8 Å². The Morgan fingerprint density at radius 1 is 1.43 bits per heavy atom. The summed E-state index contributed by atoms with van der Waals surface area (Å²) in [4.78, 5) is 10.7. The molecule has 14 heavy (non-hydrogen) atoms. The van der Waals surface area contributed by atoms with E-state index < -0.39 is 0 Å². The number of methoxy groups -OCH3 is 1. The molecule has 4 heteroatoms. The summed E-state index contributed by atoms with van der Waals surface area (Å²) in [5.74, 6) is 0.614. The first-order valence-corrected chi connectivity index (χ1v) is 4.16. The molecule has 72 valence electrons. The number of rotatable bonds is 2. The SMILES string of the molecule is COc1c(N)ccc2c1ccn2C=O. The van der Waals surface area contributed by atoms with Gasteiger partial charge in [0.1, 0.15) is 0 Å². The van der Waals surface area contributed by atoms with Gasteiger partial charge in [0, 0.05) is 11.6 Å². The fourth-order valence-corrected chi connectivity index (χ4v) is 1.55. The summed E-state index contributed by atoms with van der Waals surface area (Å²) in [7, 11) is 1.56. The highest BCUT2D eigenvalue weighted by Crippen LogP contribution is 2.31. The summed E-state index contributed by atoms with van der Waals surface area (Å²) < 4.78 is 6.65. The number of nitrogens with zero attached hydrogens (tertiary/aromatic N) is 1. The molecular weight excluding hydrogens is 180 g/mol. The van der Waals surface area contributed by atoms with Gasteiger partial charge in [-0.25, -0.2) is 0 Å². The van der Waals surface area contributed by atoms with Crippen LogP contribution in [-0.4, -0.2) is 18.1 Å². The number of hydrogen-bond donors (Lipinski definition) is 1. The number of carbonyl (C=O) groups is 1. The standard InChI is InChI=1S/C10H10N2O2/c1-14-10-7-4-5-12(6-13)9(7)3-2-8(10)11/h2-6H,11H2,1H3. The topological polar surface area (TPSA) is 57.2 Å². The number of aromatic nitrogens is 1. The summed E-state index contributed by atoms with van der Waals surface area (Å²) in [6, 6.07) is 5.32. The maximum atomic E-state index is 10.7. The second-order valence-corrected chi connectivity index (χ2v) is 2.95. The van der Waals surface area contributed by atoms with Gasteiger partial charge in [0.15, 0.2) is 5.75 Å². The minimum Gasteiger partial charge on any atom is -0.494 e. The van der Waals surface area contributed by atoms with Crippen LogP contribution in [0.1, 0.15) is 0 Å². The summed E-state index contributed by atoms with van der Waals surface area (Å²) in [6.45, 7) is 0. The van der Waals surface area contributed by atoms with E-state index in [0.717, 1.165) is 17.3 Å². The van der Waals surface area contributed by atoms with E-state index in [1.165, 1.54) is 4.57 Å². The van der Waals surface area contributed by atoms with Crippen molar-refractivity contribution in [3.63, 3.8) is 0 Å². The summed E-state index contributed by atoms with van der Waals surface area (Å²) in [6.07, 6.45) is 2.43. The van der Waals surface area contributed by atoms with Gasteiger partial charge in [-0.05, 0) is 18.2 Å². The van der Waals surface area contributed by atoms with Gasteiger partial charge in [0.05, 0.1) is 18.3 Å². The van der Waals surface area contributed by atoms with E-state index in [1.54, 1.807) is 31.5 Å². The first kappa shape index (κ1) is 8.62. The lowest BCUT2D eigenvalue weighted by Crippen LogP contribution is -1.95. The third-order valence-electron chi connectivity index (χ3n) is 2.20. The molecule has 0 amide bonds. The predicted octanol–water partition coefficient (Wildman–Crippen LogP) is 1.27. The lowest BCUT2D eigenvalue weighted by atomic mass is 10.2. The highest BCUT2D eigenvalue weighted by Gasteiger charge is 2.08. The zero-order valence-corrected chi connectivity index (χ0v) is 7.73. The highest BCUT2D eigenvalue weighted by atomic mass is 16.5. The van der Waals surface area contributed by atoms with E-state index >= 15 is 0 Å². The van der Waals surface area contributed by atoms with E-state index in [9.17, 15) is 4.79 Å². The summed E-state index contributed by atoms with van der Waals surface area (Å²) in [5.41, 5.74) is 7.10. The Morgan fingerprint density at radius 3 is 2.86 bits per heavy atom. The lowest BCUT2D eigenvalue weighted by Gasteiger charge is -2.05. The first-order valence-electron chi connectivity index (χ1n) is 4.16. The van der Waals surface area contributed by atoms with Crippen molar-refractivity contribution in [3.8, 4) is 5.75 Å². The Hall–Kier alpha value is -1.97. The van der Waals surface area contributed by atoms with Crippen LogP contribution >= 0.6 is 0 Å². The largest absolute Gasteiger partial charge is 0.494 e. The lowest BCUT2D eigenvalue weighted by molar-refractivity contribution is 0.422. The Labute approximate surface area is 80.9 Å². The van der Waals surface area contributed by atoms with Gasteiger partial charge < -0.3 is 10.5 Å². The fourth-order valence-electron chi connectivity index (χ4n) is 1.55. The molecule has 2 aromatic rings. The number of benzene rings is 1. The van der Waals surface area contributed by atoms with E-state index in [2.05, 4.69) is 0 Å². The van der Waals surface area contributed by atoms with Crippen LogP contribution in [0.5, 0.6) is 5.75 Å². The average molecular weight is 190 g/mol. The Balaban J connectivity index is 2.83. The van der Waals surface area contributed by atoms with Gasteiger partial charge in [-0.3, -0.25) is 9.36 Å². The van der Waals surface area contributed by atoms with Crippen molar-refractivity contribution < 1.29 is 9.53 Å². The van der Waals surface area contributed by atoms with Crippen LogP contribution in [0.15, 0.2) is 24.4 Å². The van der Waals surface area contributed by atoms with Gasteiger partial charge in [-0.2, -0.15) is 0 Å². The maximum Gasteiger partial charge on any atom is 0.218 e. The van der Waals surface area contributed by atoms with E-state index in [4.69, 9.17) is 10.5 Å². The minimum atomic E-state index is 0.573. The van der Waals surface area contributed by atoms with Crippen LogP contribution in [0, 0.1) is 0 Å². The van der Waals surface area contributed by atoms with E-state index in [0.29, 0.717) is 11.4 Å². The quantitative estimate of drug-likeness (QED) is 0.573. The van der Waals surface area contributed by atoms with Crippen molar-refractivity contribution in [3.05, 3.63) is 24.4 Å². The van der Waals surface area contributed by atoms with Crippen molar-refractivity contribution in [1.29, 1.82) is 0 Å². The molecule has 0 aliphatic carbocycles. The molecule has 0 spiro atoms. The van der Waals surface area contributed by atoms with E-state index in [-0.39, 0.29) is 0 Å². The van der Waals surface area contributed by atoms with Crippen molar-refractivity contribution in [1.82, 2.24) is 4.57 Å². The molecule has 0 fully saturated rings. The number of ether oxygens (including phenoxy) is 1. The first-order chi connectivity index (χ1) is 6.77. The number of nitrogens with two attached hydrogens (primary N) is 1. The van der Waals surface area contributed by atoms with Gasteiger partial charge in [-0.1, -0.05) is 0 Å². The normalized spacial score (nSPS) is 10.4. The van der Waals surface area contributed by atoms with Gasteiger partial charge in [-0.15, -0.1) is 0 Å². The molecular formula is C10H10N2O2. The highest BCUT2D eigenvalue weighted by molar-refractivity contribution is 5.94. The monoisotopic (exact) mass is 190 g/mol. The van der Waals surface area contributed by atoms with Gasteiger partial charge in [0.2, 0.25) is 6.41 Å². The van der Waals surface area contributed by atoms with Crippen LogP contribution in [-0.2, 0) is 4.79 Å². The zero-order chi connectivity index (χ0) is 10.1. The molecule has 2 N–H and O–H groups in total. The van der Waals surface area contributed by atoms with Crippen LogP contribution in [0.2, 0.25) is 0 Å². The van der Waals surface area contributed by atoms with Crippen molar-refractivity contribution >= 4 is 23.0 Å². The molecule has 1 aromatic carbocycles. The Kier molecular flexibility index (Phi) is 1.89. The van der Waals surface area contributed by atoms with Crippen LogP contribution in [0.3, 0.4) is 0 Å². The summed E-state index contributed by atoms with van der Waals surface area (Å²) >= 11 is 0. The molecule has 0 bridgehead atoms. The molecule has 4 nitrogen and oxygen atoms in total. The molecule has 0 saturated heterocycles. The van der Waals surface area contributed by atoms with E-state index in [1.807, 2.05) is 0 Å². The molecule has 0 unspecified atom stereocenters. The number of carbonyl (C=O) groups excluding carboxylic acids is 1. The number of fused-ring (bicyclic) bond motifs is 1. The Bertz CT molecular complexity index is 488. The van der Waals surface area contributed by atoms with Crippen LogP contribution in [0.25, 0.3) is 10.9 Å². The number of nitrogen functional groups attached to an aromatic ring is 1. The van der Waals surface area contributed by atoms with Crippen LogP contribution < -0.4 is 10.5 Å². The summed E-state index contributed by atoms with van der Waals surface area (Å²) in [5, 5.41) is 0.847. The number of hydrogen-bond acceptors (Lipinski definition) is 3. The smallest absolute Gasteiger partial charge is 0.218 e. The zero-order valence-electron chi connectivity index (χ0n) is 7.73. The minimum absolute atomic E-state index is 0.573. The predicted molar refractivity (Wildman–Crippen MR) is 55.1 cm³/mol. The average Bonchev–Trinajstić information content (AvgIpc) is 2.60. The molecule has 2 rings (SSSR count). The molecule has 1 aromatic heterocycles. The molecule has 0 aliphatic heterocycles. The fraction of sp³-hybridized carbons (Fsp3) is 0.100. The third kappa shape index (κ3) is 1.04. The van der Waals surface area contributed by atoms with Gasteiger partial charge in [0.25, 0.3) is 0 Å².